The topological polar surface area (TPSA) is 60.2 Å². The third-order valence-electron chi connectivity index (χ3n) is 2.31. The summed E-state index contributed by atoms with van der Waals surface area (Å²) in [6.45, 7) is 1.08. The van der Waals surface area contributed by atoms with Crippen LogP contribution in [0, 0.1) is 10.1 Å². The number of carbonyl (C=O) groups is 1. The molecule has 0 radical (unpaired) electrons. The van der Waals surface area contributed by atoms with E-state index in [4.69, 9.17) is 23.2 Å². The quantitative estimate of drug-likeness (QED) is 0.612. The lowest BCUT2D eigenvalue weighted by atomic mass is 9.94. The minimum absolute atomic E-state index is 0.0995. The molecule has 1 rings (SSSR count). The van der Waals surface area contributed by atoms with Crippen LogP contribution in [0.2, 0.25) is 10.0 Å². The second-order valence-corrected chi connectivity index (χ2v) is 4.63. The summed E-state index contributed by atoms with van der Waals surface area (Å²) in [4.78, 5) is 21.2. The monoisotopic (exact) mass is 275 g/mol. The summed E-state index contributed by atoms with van der Waals surface area (Å²) >= 11 is 11.7. The van der Waals surface area contributed by atoms with E-state index in [2.05, 4.69) is 0 Å². The Morgan fingerprint density at radius 1 is 1.47 bits per heavy atom. The Bertz CT molecular complexity index is 432. The van der Waals surface area contributed by atoms with Gasteiger partial charge in [0.05, 0.1) is 5.92 Å². The lowest BCUT2D eigenvalue weighted by Gasteiger charge is -2.13. The van der Waals surface area contributed by atoms with E-state index >= 15 is 0 Å². The van der Waals surface area contributed by atoms with Crippen molar-refractivity contribution in [2.75, 3.05) is 6.54 Å². The van der Waals surface area contributed by atoms with Crippen molar-refractivity contribution in [3.63, 3.8) is 0 Å². The highest BCUT2D eigenvalue weighted by molar-refractivity contribution is 6.35. The van der Waals surface area contributed by atoms with Crippen molar-refractivity contribution in [1.29, 1.82) is 0 Å². The molecule has 0 aliphatic heterocycles. The van der Waals surface area contributed by atoms with Gasteiger partial charge in [-0.2, -0.15) is 0 Å². The Balaban J connectivity index is 3.02. The van der Waals surface area contributed by atoms with Crippen LogP contribution in [0.4, 0.5) is 0 Å². The fourth-order valence-corrected chi connectivity index (χ4v) is 2.20. The molecule has 6 heteroatoms. The van der Waals surface area contributed by atoms with Gasteiger partial charge >= 0.3 is 0 Å². The van der Waals surface area contributed by atoms with Crippen LogP contribution in [0.25, 0.3) is 0 Å². The van der Waals surface area contributed by atoms with Crippen LogP contribution in [-0.4, -0.2) is 17.3 Å². The molecule has 1 aromatic rings. The van der Waals surface area contributed by atoms with E-state index in [1.807, 2.05) is 0 Å². The summed E-state index contributed by atoms with van der Waals surface area (Å²) in [7, 11) is 0. The normalized spacial score (nSPS) is 12.2. The molecule has 0 fully saturated rings. The van der Waals surface area contributed by atoms with Gasteiger partial charge < -0.3 is 4.79 Å². The predicted octanol–water partition coefficient (Wildman–Crippen LogP) is 3.33. The maximum atomic E-state index is 11.1. The van der Waals surface area contributed by atoms with E-state index in [9.17, 15) is 14.9 Å². The molecule has 1 unspecified atom stereocenters. The Morgan fingerprint density at radius 2 is 2.12 bits per heavy atom. The summed E-state index contributed by atoms with van der Waals surface area (Å²) in [5.41, 5.74) is 0.586. The average molecular weight is 276 g/mol. The fraction of sp³-hybridized carbons (Fsp3) is 0.364. The van der Waals surface area contributed by atoms with Crippen LogP contribution in [-0.2, 0) is 4.79 Å². The van der Waals surface area contributed by atoms with Gasteiger partial charge in [-0.05, 0) is 24.6 Å². The highest BCUT2D eigenvalue weighted by atomic mass is 35.5. The number of benzene rings is 1. The first-order valence-corrected chi connectivity index (χ1v) is 5.72. The van der Waals surface area contributed by atoms with Gasteiger partial charge in [-0.25, -0.2) is 0 Å². The lowest BCUT2D eigenvalue weighted by molar-refractivity contribution is -0.483. The van der Waals surface area contributed by atoms with E-state index in [1.54, 1.807) is 12.1 Å². The van der Waals surface area contributed by atoms with Crippen molar-refractivity contribution in [2.45, 2.75) is 19.3 Å². The van der Waals surface area contributed by atoms with Crippen LogP contribution in [0.3, 0.4) is 0 Å². The smallest absolute Gasteiger partial charge is 0.211 e. The number of halogens is 2. The number of nitro groups is 1. The molecule has 0 heterocycles. The van der Waals surface area contributed by atoms with Crippen LogP contribution in [0.15, 0.2) is 18.2 Å². The van der Waals surface area contributed by atoms with Gasteiger partial charge in [0.25, 0.3) is 0 Å². The molecule has 1 aromatic carbocycles. The summed E-state index contributed by atoms with van der Waals surface area (Å²) in [6.07, 6.45) is 0.0995. The summed E-state index contributed by atoms with van der Waals surface area (Å²) in [5, 5.41) is 11.4. The van der Waals surface area contributed by atoms with Gasteiger partial charge in [-0.15, -0.1) is 0 Å². The molecule has 0 N–H and O–H groups in total. The molecule has 0 bridgehead atoms. The first-order chi connectivity index (χ1) is 7.90. The maximum Gasteiger partial charge on any atom is 0.211 e. The molecule has 0 aromatic heterocycles. The molecule has 1 atom stereocenters. The SMILES string of the molecule is CC(=O)CC(C[N+](=O)[O-])c1ccc(Cl)cc1Cl. The van der Waals surface area contributed by atoms with E-state index in [-0.39, 0.29) is 18.7 Å². The Morgan fingerprint density at radius 3 is 2.59 bits per heavy atom. The molecule has 0 spiro atoms. The number of carbonyl (C=O) groups excluding carboxylic acids is 1. The first kappa shape index (κ1) is 13.9. The minimum Gasteiger partial charge on any atom is -0.300 e. The summed E-state index contributed by atoms with van der Waals surface area (Å²) in [5.74, 6) is -0.616. The van der Waals surface area contributed by atoms with Gasteiger partial charge in [0.2, 0.25) is 6.54 Å². The van der Waals surface area contributed by atoms with Gasteiger partial charge in [-0.3, -0.25) is 10.1 Å². The van der Waals surface area contributed by atoms with Crippen molar-refractivity contribution in [3.8, 4) is 0 Å². The maximum absolute atomic E-state index is 11.1. The molecule has 0 aliphatic carbocycles. The predicted molar refractivity (Wildman–Crippen MR) is 66.4 cm³/mol. The number of nitrogens with zero attached hydrogens (tertiary/aromatic N) is 1. The number of rotatable bonds is 5. The van der Waals surface area contributed by atoms with E-state index in [1.165, 1.54) is 13.0 Å². The largest absolute Gasteiger partial charge is 0.300 e. The lowest BCUT2D eigenvalue weighted by Crippen LogP contribution is -2.15. The second-order valence-electron chi connectivity index (χ2n) is 3.78. The summed E-state index contributed by atoms with van der Waals surface area (Å²) < 4.78 is 0. The van der Waals surface area contributed by atoms with Crippen LogP contribution in [0.5, 0.6) is 0 Å². The average Bonchev–Trinajstić information content (AvgIpc) is 2.14. The van der Waals surface area contributed by atoms with Crippen molar-refractivity contribution < 1.29 is 9.72 Å². The van der Waals surface area contributed by atoms with Gasteiger partial charge in [-0.1, -0.05) is 29.3 Å². The number of hydrogen-bond acceptors (Lipinski definition) is 3. The number of Topliss-reactive ketones (excluding diaryl/α,β-unsaturated/α-hetero) is 1. The minimum atomic E-state index is -0.507. The molecule has 0 aliphatic rings. The molecular weight excluding hydrogens is 265 g/mol. The molecule has 4 nitrogen and oxygen atoms in total. The van der Waals surface area contributed by atoms with Gasteiger partial charge in [0.15, 0.2) is 0 Å². The van der Waals surface area contributed by atoms with Crippen LogP contribution >= 0.6 is 23.2 Å². The number of ketones is 1. The zero-order valence-electron chi connectivity index (χ0n) is 9.15. The fourth-order valence-electron chi connectivity index (χ4n) is 1.63. The third-order valence-corrected chi connectivity index (χ3v) is 2.87. The highest BCUT2D eigenvalue weighted by Gasteiger charge is 2.22. The van der Waals surface area contributed by atoms with Crippen molar-refractivity contribution in [1.82, 2.24) is 0 Å². The first-order valence-electron chi connectivity index (χ1n) is 4.96. The Labute approximate surface area is 109 Å². The Kier molecular flexibility index (Phi) is 4.90. The van der Waals surface area contributed by atoms with Crippen molar-refractivity contribution >= 4 is 29.0 Å². The standard InChI is InChI=1S/C11H11Cl2NO3/c1-7(15)4-8(6-14(16)17)10-3-2-9(12)5-11(10)13/h2-3,5,8H,4,6H2,1H3. The molecule has 0 amide bonds. The molecule has 17 heavy (non-hydrogen) atoms. The van der Waals surface area contributed by atoms with Crippen molar-refractivity contribution in [2.24, 2.45) is 0 Å². The van der Waals surface area contributed by atoms with E-state index in [0.717, 1.165) is 0 Å². The van der Waals surface area contributed by atoms with E-state index < -0.39 is 10.8 Å². The highest BCUT2D eigenvalue weighted by Crippen LogP contribution is 2.29. The van der Waals surface area contributed by atoms with Crippen molar-refractivity contribution in [3.05, 3.63) is 43.9 Å². The van der Waals surface area contributed by atoms with E-state index in [0.29, 0.717) is 15.6 Å². The van der Waals surface area contributed by atoms with Gasteiger partial charge in [0.1, 0.15) is 5.78 Å². The zero-order chi connectivity index (χ0) is 13.0. The third kappa shape index (κ3) is 4.32. The molecule has 0 saturated heterocycles. The Hall–Kier alpha value is -1.13. The summed E-state index contributed by atoms with van der Waals surface area (Å²) in [6, 6.07) is 4.75. The molecule has 0 saturated carbocycles. The zero-order valence-corrected chi connectivity index (χ0v) is 10.7. The van der Waals surface area contributed by atoms with Crippen LogP contribution < -0.4 is 0 Å². The molecule has 92 valence electrons. The number of hydrogen-bond donors (Lipinski definition) is 0. The second kappa shape index (κ2) is 5.98. The van der Waals surface area contributed by atoms with Crippen LogP contribution in [0.1, 0.15) is 24.8 Å². The van der Waals surface area contributed by atoms with Gasteiger partial charge in [0, 0.05) is 21.4 Å². The molecular formula is C11H11Cl2NO3.